The average Bonchev–Trinajstić information content (AvgIpc) is 2.65. The number of hydrogen-bond acceptors (Lipinski definition) is 6. The maximum absolute atomic E-state index is 12.1. The fourth-order valence-corrected chi connectivity index (χ4v) is 2.35. The summed E-state index contributed by atoms with van der Waals surface area (Å²) in [6.45, 7) is 1.91. The third-order valence-corrected chi connectivity index (χ3v) is 3.83. The van der Waals surface area contributed by atoms with Crippen LogP contribution in [0.25, 0.3) is 0 Å². The molecule has 0 unspecified atom stereocenters. The zero-order valence-electron chi connectivity index (χ0n) is 14.9. The summed E-state index contributed by atoms with van der Waals surface area (Å²) in [7, 11) is 0. The van der Waals surface area contributed by atoms with Crippen molar-refractivity contribution in [3.8, 4) is 0 Å². The number of nitrogens with one attached hydrogen (secondary N) is 2. The number of carbonyl (C=O) groups is 2. The number of halogens is 1. The van der Waals surface area contributed by atoms with E-state index >= 15 is 0 Å². The van der Waals surface area contributed by atoms with E-state index in [-0.39, 0.29) is 29.3 Å². The van der Waals surface area contributed by atoms with Crippen molar-refractivity contribution in [2.45, 2.75) is 19.9 Å². The number of carbonyl (C=O) groups excluding carboxylic acids is 2. The number of nitrogens with two attached hydrogens (primary N) is 1. The lowest BCUT2D eigenvalue weighted by Crippen LogP contribution is -2.26. The summed E-state index contributed by atoms with van der Waals surface area (Å²) in [5, 5.41) is 18.0. The Morgan fingerprint density at radius 2 is 1.89 bits per heavy atom. The van der Waals surface area contributed by atoms with Crippen molar-refractivity contribution in [1.82, 2.24) is 10.7 Å². The smallest absolute Gasteiger partial charge is 0.272 e. The lowest BCUT2D eigenvalue weighted by molar-refractivity contribution is -0.384. The van der Waals surface area contributed by atoms with E-state index in [1.807, 2.05) is 0 Å². The number of non-ortho nitro benzene ring substituents is 1. The largest absolute Gasteiger partial charge is 0.399 e. The van der Waals surface area contributed by atoms with Gasteiger partial charge in [0.25, 0.3) is 11.6 Å². The van der Waals surface area contributed by atoms with Gasteiger partial charge in [-0.3, -0.25) is 19.7 Å². The first-order valence-corrected chi connectivity index (χ1v) is 8.52. The minimum absolute atomic E-state index is 0.00422. The standard InChI is InChI=1S/C18H18ClN5O4/c1-11(6-17(25)21-10-12-2-4-14(19)5-3-12)22-23-18(26)13-7-15(20)9-16(8-13)24(27)28/h2-5,7-9H,6,10,20H2,1H3,(H,21,25)(H,23,26). The second-order valence-electron chi connectivity index (χ2n) is 5.94. The number of nitro benzene ring substituents is 1. The summed E-state index contributed by atoms with van der Waals surface area (Å²) in [4.78, 5) is 34.2. The number of nitro groups is 1. The second-order valence-corrected chi connectivity index (χ2v) is 6.37. The molecular formula is C18H18ClN5O4. The van der Waals surface area contributed by atoms with Crippen molar-refractivity contribution >= 4 is 40.5 Å². The molecule has 28 heavy (non-hydrogen) atoms. The number of hydrazone groups is 1. The van der Waals surface area contributed by atoms with Gasteiger partial charge in [-0.25, -0.2) is 5.43 Å². The molecule has 0 saturated carbocycles. The predicted octanol–water partition coefficient (Wildman–Crippen LogP) is 2.64. The van der Waals surface area contributed by atoms with Crippen molar-refractivity contribution in [2.75, 3.05) is 5.73 Å². The van der Waals surface area contributed by atoms with Gasteiger partial charge in [-0.15, -0.1) is 0 Å². The molecule has 2 rings (SSSR count). The number of anilines is 1. The van der Waals surface area contributed by atoms with Gasteiger partial charge in [-0.2, -0.15) is 5.10 Å². The van der Waals surface area contributed by atoms with Gasteiger partial charge >= 0.3 is 0 Å². The van der Waals surface area contributed by atoms with Crippen LogP contribution in [0.1, 0.15) is 29.3 Å². The average molecular weight is 404 g/mol. The highest BCUT2D eigenvalue weighted by Crippen LogP contribution is 2.18. The van der Waals surface area contributed by atoms with Gasteiger partial charge in [-0.05, 0) is 30.7 Å². The van der Waals surface area contributed by atoms with Crippen molar-refractivity contribution in [2.24, 2.45) is 5.10 Å². The van der Waals surface area contributed by atoms with E-state index < -0.39 is 10.8 Å². The number of amides is 2. The van der Waals surface area contributed by atoms with Gasteiger partial charge in [0.1, 0.15) is 0 Å². The molecule has 0 aliphatic carbocycles. The van der Waals surface area contributed by atoms with Crippen LogP contribution in [-0.4, -0.2) is 22.4 Å². The summed E-state index contributed by atoms with van der Waals surface area (Å²) in [5.74, 6) is -0.943. The normalized spacial score (nSPS) is 11.0. The van der Waals surface area contributed by atoms with Gasteiger partial charge in [0.2, 0.25) is 5.91 Å². The van der Waals surface area contributed by atoms with E-state index in [1.165, 1.54) is 6.07 Å². The Hall–Kier alpha value is -3.46. The zero-order chi connectivity index (χ0) is 20.7. The molecule has 2 aromatic rings. The van der Waals surface area contributed by atoms with Crippen LogP contribution in [0.3, 0.4) is 0 Å². The molecule has 0 radical (unpaired) electrons. The Bertz CT molecular complexity index is 928. The molecule has 2 aromatic carbocycles. The summed E-state index contributed by atoms with van der Waals surface area (Å²) in [6, 6.07) is 10.6. The molecule has 146 valence electrons. The van der Waals surface area contributed by atoms with Gasteiger partial charge in [0, 0.05) is 35.1 Å². The molecule has 0 bridgehead atoms. The van der Waals surface area contributed by atoms with Crippen molar-refractivity contribution in [3.63, 3.8) is 0 Å². The molecule has 10 heteroatoms. The van der Waals surface area contributed by atoms with E-state index in [1.54, 1.807) is 31.2 Å². The molecule has 0 aliphatic heterocycles. The molecule has 9 nitrogen and oxygen atoms in total. The zero-order valence-corrected chi connectivity index (χ0v) is 15.7. The highest BCUT2D eigenvalue weighted by molar-refractivity contribution is 6.30. The Balaban J connectivity index is 1.89. The predicted molar refractivity (Wildman–Crippen MR) is 106 cm³/mol. The van der Waals surface area contributed by atoms with E-state index in [0.717, 1.165) is 17.7 Å². The quantitative estimate of drug-likeness (QED) is 0.282. The summed E-state index contributed by atoms with van der Waals surface area (Å²) in [6.07, 6.45) is -0.0229. The highest BCUT2D eigenvalue weighted by atomic mass is 35.5. The van der Waals surface area contributed by atoms with Gasteiger partial charge in [0.05, 0.1) is 16.9 Å². The van der Waals surface area contributed by atoms with E-state index in [2.05, 4.69) is 15.8 Å². The Kier molecular flexibility index (Phi) is 7.05. The summed E-state index contributed by atoms with van der Waals surface area (Å²) < 4.78 is 0. The lowest BCUT2D eigenvalue weighted by Gasteiger charge is -2.06. The van der Waals surface area contributed by atoms with Crippen LogP contribution in [0.15, 0.2) is 47.6 Å². The van der Waals surface area contributed by atoms with Crippen LogP contribution in [0.2, 0.25) is 5.02 Å². The van der Waals surface area contributed by atoms with Crippen LogP contribution in [-0.2, 0) is 11.3 Å². The fourth-order valence-electron chi connectivity index (χ4n) is 2.22. The molecule has 0 saturated heterocycles. The molecular weight excluding hydrogens is 386 g/mol. The summed E-state index contributed by atoms with van der Waals surface area (Å²) >= 11 is 5.80. The van der Waals surface area contributed by atoms with Crippen molar-refractivity contribution in [3.05, 3.63) is 68.7 Å². The number of nitrogen functional groups attached to an aromatic ring is 1. The molecule has 4 N–H and O–H groups in total. The number of hydrogen-bond donors (Lipinski definition) is 3. The van der Waals surface area contributed by atoms with E-state index in [0.29, 0.717) is 17.3 Å². The van der Waals surface area contributed by atoms with Crippen molar-refractivity contribution in [1.29, 1.82) is 0 Å². The number of rotatable bonds is 7. The highest BCUT2D eigenvalue weighted by Gasteiger charge is 2.13. The fraction of sp³-hybridized carbons (Fsp3) is 0.167. The Labute approximate surface area is 165 Å². The second kappa shape index (κ2) is 9.47. The van der Waals surface area contributed by atoms with Gasteiger partial charge < -0.3 is 11.1 Å². The first-order valence-electron chi connectivity index (χ1n) is 8.14. The molecule has 2 amide bonds. The summed E-state index contributed by atoms with van der Waals surface area (Å²) in [5.41, 5.74) is 8.86. The van der Waals surface area contributed by atoms with Crippen LogP contribution in [0.4, 0.5) is 11.4 Å². The van der Waals surface area contributed by atoms with Crippen LogP contribution in [0.5, 0.6) is 0 Å². The topological polar surface area (TPSA) is 140 Å². The molecule has 0 aromatic heterocycles. The SMILES string of the molecule is CC(CC(=O)NCc1ccc(Cl)cc1)=NNC(=O)c1cc(N)cc([N+](=O)[O-])c1. The number of nitrogens with zero attached hydrogens (tertiary/aromatic N) is 2. The molecule has 0 fully saturated rings. The van der Waals surface area contributed by atoms with E-state index in [4.69, 9.17) is 17.3 Å². The first-order chi connectivity index (χ1) is 13.2. The minimum Gasteiger partial charge on any atom is -0.399 e. The van der Waals surface area contributed by atoms with Crippen molar-refractivity contribution < 1.29 is 14.5 Å². The Morgan fingerprint density at radius 1 is 1.21 bits per heavy atom. The van der Waals surface area contributed by atoms with E-state index in [9.17, 15) is 19.7 Å². The molecule has 0 atom stereocenters. The van der Waals surface area contributed by atoms with Crippen LogP contribution < -0.4 is 16.5 Å². The lowest BCUT2D eigenvalue weighted by atomic mass is 10.1. The molecule has 0 spiro atoms. The first kappa shape index (κ1) is 20.8. The third kappa shape index (κ3) is 6.36. The number of benzene rings is 2. The van der Waals surface area contributed by atoms with Crippen LogP contribution >= 0.6 is 11.6 Å². The third-order valence-electron chi connectivity index (χ3n) is 3.58. The maximum Gasteiger partial charge on any atom is 0.272 e. The minimum atomic E-state index is -0.670. The molecule has 0 aliphatic rings. The Morgan fingerprint density at radius 3 is 2.54 bits per heavy atom. The van der Waals surface area contributed by atoms with Gasteiger partial charge in [0.15, 0.2) is 0 Å². The van der Waals surface area contributed by atoms with Gasteiger partial charge in [-0.1, -0.05) is 23.7 Å². The van der Waals surface area contributed by atoms with Crippen LogP contribution in [0, 0.1) is 10.1 Å². The molecule has 0 heterocycles. The monoisotopic (exact) mass is 403 g/mol. The maximum atomic E-state index is 12.1.